The normalized spacial score (nSPS) is 34.6. The number of hydrogen-bond donors (Lipinski definition) is 1. The Morgan fingerprint density at radius 1 is 1.33 bits per heavy atom. The number of aliphatic hydroxyl groups is 1. The summed E-state index contributed by atoms with van der Waals surface area (Å²) in [7, 11) is 1.50. The number of benzene rings is 1. The Morgan fingerprint density at radius 3 is 2.61 bits per heavy atom. The van der Waals surface area contributed by atoms with Crippen LogP contribution in [0.1, 0.15) is 31.2 Å². The maximum atomic E-state index is 14.1. The van der Waals surface area contributed by atoms with E-state index >= 15 is 0 Å². The van der Waals surface area contributed by atoms with Crippen molar-refractivity contribution in [2.75, 3.05) is 7.11 Å². The Balaban J connectivity index is 2.03. The molecule has 4 heteroatoms. The van der Waals surface area contributed by atoms with Crippen molar-refractivity contribution >= 4 is 0 Å². The van der Waals surface area contributed by atoms with Crippen molar-refractivity contribution in [3.63, 3.8) is 0 Å². The van der Waals surface area contributed by atoms with Gasteiger partial charge in [-0.25, -0.2) is 4.39 Å². The van der Waals surface area contributed by atoms with E-state index < -0.39 is 11.4 Å². The second-order valence-electron chi connectivity index (χ2n) is 5.21. The molecule has 1 aromatic carbocycles. The van der Waals surface area contributed by atoms with E-state index in [1.807, 2.05) is 0 Å². The average Bonchev–Trinajstić information content (AvgIpc) is 2.68. The molecule has 2 saturated heterocycles. The van der Waals surface area contributed by atoms with Crippen LogP contribution < -0.4 is 4.74 Å². The van der Waals surface area contributed by atoms with Crippen molar-refractivity contribution < 1.29 is 19.0 Å². The van der Waals surface area contributed by atoms with Gasteiger partial charge < -0.3 is 14.6 Å². The first kappa shape index (κ1) is 11.9. The molecular weight excluding hydrogens is 235 g/mol. The molecule has 0 amide bonds. The van der Waals surface area contributed by atoms with Crippen molar-refractivity contribution in [1.82, 2.24) is 0 Å². The minimum absolute atomic E-state index is 0.0399. The molecule has 2 bridgehead atoms. The second kappa shape index (κ2) is 4.21. The number of rotatable bonds is 2. The zero-order valence-corrected chi connectivity index (χ0v) is 10.4. The van der Waals surface area contributed by atoms with Crippen LogP contribution in [-0.4, -0.2) is 24.4 Å². The number of halogens is 1. The summed E-state index contributed by atoms with van der Waals surface area (Å²) < 4.78 is 25.0. The van der Waals surface area contributed by atoms with Crippen LogP contribution in [0.2, 0.25) is 0 Å². The summed E-state index contributed by atoms with van der Waals surface area (Å²) in [6, 6.07) is 4.65. The maximum Gasteiger partial charge on any atom is 0.133 e. The van der Waals surface area contributed by atoms with E-state index in [2.05, 4.69) is 0 Å². The van der Waals surface area contributed by atoms with Crippen molar-refractivity contribution in [3.05, 3.63) is 29.6 Å². The van der Waals surface area contributed by atoms with Gasteiger partial charge in [0, 0.05) is 12.8 Å². The molecule has 1 aromatic rings. The molecule has 2 aliphatic rings. The van der Waals surface area contributed by atoms with Crippen LogP contribution in [0.5, 0.6) is 5.75 Å². The SMILES string of the molecule is COc1cccc(F)c1C1(O)CC2CCC(C1)O2. The molecule has 18 heavy (non-hydrogen) atoms. The Bertz CT molecular complexity index is 448. The standard InChI is InChI=1S/C14H17FO3/c1-17-12-4-2-3-11(15)13(12)14(16)7-9-5-6-10(8-14)18-9/h2-4,9-10,16H,5-8H2,1H3. The largest absolute Gasteiger partial charge is 0.496 e. The highest BCUT2D eigenvalue weighted by Crippen LogP contribution is 2.47. The first-order valence-electron chi connectivity index (χ1n) is 6.33. The lowest BCUT2D eigenvalue weighted by Gasteiger charge is -2.37. The number of hydrogen-bond acceptors (Lipinski definition) is 3. The smallest absolute Gasteiger partial charge is 0.133 e. The predicted octanol–water partition coefficient (Wildman–Crippen LogP) is 2.36. The molecule has 0 saturated carbocycles. The van der Waals surface area contributed by atoms with Gasteiger partial charge in [0.15, 0.2) is 0 Å². The fraction of sp³-hybridized carbons (Fsp3) is 0.571. The van der Waals surface area contributed by atoms with Crippen LogP contribution in [-0.2, 0) is 10.3 Å². The minimum Gasteiger partial charge on any atom is -0.496 e. The number of fused-ring (bicyclic) bond motifs is 2. The fourth-order valence-corrected chi connectivity index (χ4v) is 3.25. The lowest BCUT2D eigenvalue weighted by Crippen LogP contribution is -2.39. The number of methoxy groups -OCH3 is 1. The maximum absolute atomic E-state index is 14.1. The van der Waals surface area contributed by atoms with Gasteiger partial charge in [0.25, 0.3) is 0 Å². The fourth-order valence-electron chi connectivity index (χ4n) is 3.25. The Hall–Kier alpha value is -1.13. The van der Waals surface area contributed by atoms with Gasteiger partial charge in [-0.3, -0.25) is 0 Å². The molecule has 2 unspecified atom stereocenters. The van der Waals surface area contributed by atoms with E-state index in [0.29, 0.717) is 18.6 Å². The summed E-state index contributed by atoms with van der Waals surface area (Å²) in [4.78, 5) is 0. The molecule has 98 valence electrons. The Morgan fingerprint density at radius 2 is 2.00 bits per heavy atom. The molecule has 2 atom stereocenters. The van der Waals surface area contributed by atoms with Crippen LogP contribution in [0, 0.1) is 5.82 Å². The first-order valence-corrected chi connectivity index (χ1v) is 6.33. The summed E-state index contributed by atoms with van der Waals surface area (Å²) in [5.74, 6) is 0.0111. The van der Waals surface area contributed by atoms with Crippen LogP contribution in [0.25, 0.3) is 0 Å². The van der Waals surface area contributed by atoms with Crippen molar-refractivity contribution in [3.8, 4) is 5.75 Å². The second-order valence-corrected chi connectivity index (χ2v) is 5.21. The van der Waals surface area contributed by atoms with E-state index in [-0.39, 0.29) is 17.8 Å². The lowest BCUT2D eigenvalue weighted by molar-refractivity contribution is -0.117. The molecule has 3 nitrogen and oxygen atoms in total. The Kier molecular flexibility index (Phi) is 2.79. The van der Waals surface area contributed by atoms with Gasteiger partial charge in [0.1, 0.15) is 17.2 Å². The van der Waals surface area contributed by atoms with Crippen molar-refractivity contribution in [2.24, 2.45) is 0 Å². The molecule has 2 heterocycles. The number of ether oxygens (including phenoxy) is 2. The molecule has 2 fully saturated rings. The molecule has 0 aromatic heterocycles. The van der Waals surface area contributed by atoms with E-state index in [1.165, 1.54) is 13.2 Å². The molecule has 2 aliphatic heterocycles. The van der Waals surface area contributed by atoms with Gasteiger partial charge >= 0.3 is 0 Å². The zero-order chi connectivity index (χ0) is 12.8. The van der Waals surface area contributed by atoms with Gasteiger partial charge in [0.05, 0.1) is 24.9 Å². The molecular formula is C14H17FO3. The van der Waals surface area contributed by atoms with Crippen molar-refractivity contribution in [1.29, 1.82) is 0 Å². The van der Waals surface area contributed by atoms with Gasteiger partial charge in [-0.2, -0.15) is 0 Å². The summed E-state index contributed by atoms with van der Waals surface area (Å²) >= 11 is 0. The zero-order valence-electron chi connectivity index (χ0n) is 10.4. The lowest BCUT2D eigenvalue weighted by atomic mass is 9.82. The van der Waals surface area contributed by atoms with Gasteiger partial charge in [-0.1, -0.05) is 6.07 Å². The molecule has 1 N–H and O–H groups in total. The highest BCUT2D eigenvalue weighted by Gasteiger charge is 2.47. The summed E-state index contributed by atoms with van der Waals surface area (Å²) in [5, 5.41) is 10.8. The van der Waals surface area contributed by atoms with Crippen LogP contribution >= 0.6 is 0 Å². The highest BCUT2D eigenvalue weighted by molar-refractivity contribution is 5.40. The van der Waals surface area contributed by atoms with Crippen molar-refractivity contribution in [2.45, 2.75) is 43.5 Å². The minimum atomic E-state index is -1.17. The molecule has 3 rings (SSSR count). The molecule has 0 spiro atoms. The van der Waals surface area contributed by atoms with E-state index in [4.69, 9.17) is 9.47 Å². The average molecular weight is 252 g/mol. The predicted molar refractivity (Wildman–Crippen MR) is 64.0 cm³/mol. The third-order valence-electron chi connectivity index (χ3n) is 3.99. The summed E-state index contributed by atoms with van der Waals surface area (Å²) in [6.07, 6.45) is 2.87. The van der Waals surface area contributed by atoms with Crippen LogP contribution in [0.15, 0.2) is 18.2 Å². The van der Waals surface area contributed by atoms with Crippen LogP contribution in [0.4, 0.5) is 4.39 Å². The monoisotopic (exact) mass is 252 g/mol. The van der Waals surface area contributed by atoms with E-state index in [1.54, 1.807) is 12.1 Å². The molecule has 0 aliphatic carbocycles. The van der Waals surface area contributed by atoms with E-state index in [9.17, 15) is 9.50 Å². The first-order chi connectivity index (χ1) is 8.62. The molecule has 0 radical (unpaired) electrons. The highest BCUT2D eigenvalue weighted by atomic mass is 19.1. The van der Waals surface area contributed by atoms with Gasteiger partial charge in [-0.15, -0.1) is 0 Å². The summed E-state index contributed by atoms with van der Waals surface area (Å²) in [5.41, 5.74) is -0.881. The van der Waals surface area contributed by atoms with E-state index in [0.717, 1.165) is 12.8 Å². The van der Waals surface area contributed by atoms with Gasteiger partial charge in [-0.05, 0) is 25.0 Å². The Labute approximate surface area is 106 Å². The van der Waals surface area contributed by atoms with Gasteiger partial charge in [0.2, 0.25) is 0 Å². The topological polar surface area (TPSA) is 38.7 Å². The quantitative estimate of drug-likeness (QED) is 0.878. The third-order valence-corrected chi connectivity index (χ3v) is 3.99. The third kappa shape index (κ3) is 1.80. The summed E-state index contributed by atoms with van der Waals surface area (Å²) in [6.45, 7) is 0. The van der Waals surface area contributed by atoms with Crippen LogP contribution in [0.3, 0.4) is 0 Å².